The molecule has 6 nitrogen and oxygen atoms in total. The number of nitrogens with one attached hydrogen (secondary N) is 2. The van der Waals surface area contributed by atoms with E-state index in [1.807, 2.05) is 18.2 Å². The summed E-state index contributed by atoms with van der Waals surface area (Å²) in [5.74, 6) is 0.460. The van der Waals surface area contributed by atoms with Gasteiger partial charge in [0, 0.05) is 25.6 Å². The van der Waals surface area contributed by atoms with Crippen molar-refractivity contribution in [2.45, 2.75) is 24.8 Å². The molecule has 7 heteroatoms. The number of rotatable bonds is 7. The molecule has 1 fully saturated rings. The highest BCUT2D eigenvalue weighted by atomic mass is 19.1. The summed E-state index contributed by atoms with van der Waals surface area (Å²) >= 11 is 0. The van der Waals surface area contributed by atoms with Crippen molar-refractivity contribution < 1.29 is 18.7 Å². The Hall–Kier alpha value is -3.09. The normalized spacial score (nSPS) is 14.8. The Labute approximate surface area is 170 Å². The van der Waals surface area contributed by atoms with Crippen LogP contribution in [0.5, 0.6) is 5.75 Å². The van der Waals surface area contributed by atoms with Gasteiger partial charge in [0.05, 0.1) is 14.2 Å². The minimum atomic E-state index is -0.452. The van der Waals surface area contributed by atoms with Crippen LogP contribution in [0.25, 0.3) is 0 Å². The second-order valence-electron chi connectivity index (χ2n) is 7.07. The average molecular weight is 399 g/mol. The van der Waals surface area contributed by atoms with E-state index < -0.39 is 5.97 Å². The maximum absolute atomic E-state index is 14.2. The molecule has 2 aromatic carbocycles. The van der Waals surface area contributed by atoms with E-state index in [9.17, 15) is 9.18 Å². The van der Waals surface area contributed by atoms with Gasteiger partial charge in [-0.3, -0.25) is 4.99 Å². The van der Waals surface area contributed by atoms with Crippen LogP contribution in [0.1, 0.15) is 34.3 Å². The topological polar surface area (TPSA) is 72.0 Å². The van der Waals surface area contributed by atoms with E-state index in [0.29, 0.717) is 30.4 Å². The van der Waals surface area contributed by atoms with Crippen molar-refractivity contribution >= 4 is 11.9 Å². The van der Waals surface area contributed by atoms with Crippen molar-refractivity contribution in [1.29, 1.82) is 0 Å². The van der Waals surface area contributed by atoms with Gasteiger partial charge in [0.1, 0.15) is 17.1 Å². The van der Waals surface area contributed by atoms with Crippen molar-refractivity contribution in [2.75, 3.05) is 27.8 Å². The third kappa shape index (κ3) is 4.67. The fourth-order valence-electron chi connectivity index (χ4n) is 3.38. The summed E-state index contributed by atoms with van der Waals surface area (Å²) in [6, 6.07) is 12.3. The van der Waals surface area contributed by atoms with Gasteiger partial charge >= 0.3 is 5.97 Å². The molecule has 0 heterocycles. The van der Waals surface area contributed by atoms with Crippen LogP contribution in [0, 0.1) is 5.82 Å². The molecule has 0 unspecified atom stereocenters. The quantitative estimate of drug-likeness (QED) is 0.425. The number of guanidine groups is 1. The van der Waals surface area contributed by atoms with Crippen LogP contribution in [0.4, 0.5) is 4.39 Å². The Balaban J connectivity index is 1.62. The number of methoxy groups -OCH3 is 2. The van der Waals surface area contributed by atoms with Crippen LogP contribution in [-0.2, 0) is 16.7 Å². The van der Waals surface area contributed by atoms with Crippen molar-refractivity contribution in [2.24, 2.45) is 4.99 Å². The number of carbonyl (C=O) groups excluding carboxylic acids is 1. The van der Waals surface area contributed by atoms with E-state index in [1.165, 1.54) is 20.3 Å². The summed E-state index contributed by atoms with van der Waals surface area (Å²) in [7, 11) is 4.53. The van der Waals surface area contributed by atoms with Crippen LogP contribution in [0.3, 0.4) is 0 Å². The summed E-state index contributed by atoms with van der Waals surface area (Å²) in [5.41, 5.74) is 1.82. The standard InChI is InChI=1S/C22H26FN3O3/c1-24-21(26-14-22(10-11-22)17-6-4-5-7-18(17)23)25-13-15-8-9-19(28-2)16(12-15)20(27)29-3/h4-9,12H,10-11,13-14H2,1-3H3,(H2,24,25,26). The molecule has 0 radical (unpaired) electrons. The number of aliphatic imine (C=N–C) groups is 1. The highest BCUT2D eigenvalue weighted by Gasteiger charge is 2.45. The van der Waals surface area contributed by atoms with Crippen LogP contribution >= 0.6 is 0 Å². The number of carbonyl (C=O) groups is 1. The first-order valence-electron chi connectivity index (χ1n) is 9.48. The summed E-state index contributed by atoms with van der Waals surface area (Å²) in [6.07, 6.45) is 1.89. The number of ether oxygens (including phenoxy) is 2. The van der Waals surface area contributed by atoms with Gasteiger partial charge in [0.2, 0.25) is 0 Å². The van der Waals surface area contributed by atoms with Crippen molar-refractivity contribution in [3.63, 3.8) is 0 Å². The van der Waals surface area contributed by atoms with Crippen LogP contribution < -0.4 is 15.4 Å². The van der Waals surface area contributed by atoms with Gasteiger partial charge in [-0.2, -0.15) is 0 Å². The van der Waals surface area contributed by atoms with Gasteiger partial charge in [0.15, 0.2) is 5.96 Å². The van der Waals surface area contributed by atoms with Gasteiger partial charge in [-0.15, -0.1) is 0 Å². The van der Waals surface area contributed by atoms with E-state index >= 15 is 0 Å². The summed E-state index contributed by atoms with van der Waals surface area (Å²) in [4.78, 5) is 16.2. The first-order valence-corrected chi connectivity index (χ1v) is 9.48. The number of halogens is 1. The Kier molecular flexibility index (Phi) is 6.36. The maximum atomic E-state index is 14.2. The number of esters is 1. The largest absolute Gasteiger partial charge is 0.496 e. The minimum absolute atomic E-state index is 0.164. The molecule has 29 heavy (non-hydrogen) atoms. The molecule has 0 bridgehead atoms. The zero-order valence-corrected chi connectivity index (χ0v) is 16.9. The Morgan fingerprint density at radius 3 is 2.55 bits per heavy atom. The van der Waals surface area contributed by atoms with Gasteiger partial charge in [-0.25, -0.2) is 9.18 Å². The molecule has 2 N–H and O–H groups in total. The lowest BCUT2D eigenvalue weighted by Crippen LogP contribution is -2.41. The number of benzene rings is 2. The van der Waals surface area contributed by atoms with E-state index in [4.69, 9.17) is 9.47 Å². The minimum Gasteiger partial charge on any atom is -0.496 e. The summed E-state index contributed by atoms with van der Waals surface area (Å²) in [6.45, 7) is 1.06. The molecule has 0 spiro atoms. The molecule has 2 aromatic rings. The smallest absolute Gasteiger partial charge is 0.341 e. The van der Waals surface area contributed by atoms with Crippen molar-refractivity contribution in [3.8, 4) is 5.75 Å². The van der Waals surface area contributed by atoms with Crippen molar-refractivity contribution in [3.05, 3.63) is 65.0 Å². The van der Waals surface area contributed by atoms with E-state index in [0.717, 1.165) is 24.0 Å². The van der Waals surface area contributed by atoms with Crippen molar-refractivity contribution in [1.82, 2.24) is 10.6 Å². The highest BCUT2D eigenvalue weighted by molar-refractivity contribution is 5.92. The van der Waals surface area contributed by atoms with Gasteiger partial charge < -0.3 is 20.1 Å². The molecule has 0 amide bonds. The lowest BCUT2D eigenvalue weighted by molar-refractivity contribution is 0.0597. The first-order chi connectivity index (χ1) is 14.0. The Morgan fingerprint density at radius 2 is 1.93 bits per heavy atom. The first kappa shape index (κ1) is 20.6. The van der Waals surface area contributed by atoms with E-state index in [2.05, 4.69) is 15.6 Å². The molecule has 3 rings (SSSR count). The molecule has 0 aromatic heterocycles. The van der Waals surface area contributed by atoms with Gasteiger partial charge in [-0.1, -0.05) is 24.3 Å². The van der Waals surface area contributed by atoms with Crippen LogP contribution in [0.15, 0.2) is 47.5 Å². The highest BCUT2D eigenvalue weighted by Crippen LogP contribution is 2.48. The summed E-state index contributed by atoms with van der Waals surface area (Å²) < 4.78 is 24.2. The number of hydrogen-bond donors (Lipinski definition) is 2. The molecule has 0 atom stereocenters. The molecule has 1 aliphatic rings. The third-order valence-electron chi connectivity index (χ3n) is 5.25. The SMILES string of the molecule is CN=C(NCc1ccc(OC)c(C(=O)OC)c1)NCC1(c2ccccc2F)CC1. The molecular weight excluding hydrogens is 373 g/mol. The predicted octanol–water partition coefficient (Wildman–Crippen LogP) is 3.02. The molecule has 1 saturated carbocycles. The second kappa shape index (κ2) is 8.94. The monoisotopic (exact) mass is 399 g/mol. The second-order valence-corrected chi connectivity index (χ2v) is 7.07. The molecule has 0 saturated heterocycles. The zero-order chi connectivity index (χ0) is 20.9. The van der Waals surface area contributed by atoms with Gasteiger partial charge in [0.25, 0.3) is 0 Å². The lowest BCUT2D eigenvalue weighted by Gasteiger charge is -2.19. The maximum Gasteiger partial charge on any atom is 0.341 e. The number of nitrogens with zero attached hydrogens (tertiary/aromatic N) is 1. The van der Waals surface area contributed by atoms with Gasteiger partial charge in [-0.05, 0) is 42.2 Å². The van der Waals surface area contributed by atoms with E-state index in [-0.39, 0.29) is 11.2 Å². The average Bonchev–Trinajstić information content (AvgIpc) is 3.54. The molecule has 1 aliphatic carbocycles. The molecule has 154 valence electrons. The predicted molar refractivity (Wildman–Crippen MR) is 110 cm³/mol. The molecule has 0 aliphatic heterocycles. The van der Waals surface area contributed by atoms with Crippen LogP contribution in [0.2, 0.25) is 0 Å². The number of hydrogen-bond acceptors (Lipinski definition) is 4. The fourth-order valence-corrected chi connectivity index (χ4v) is 3.38. The Bertz CT molecular complexity index is 910. The lowest BCUT2D eigenvalue weighted by atomic mass is 9.95. The zero-order valence-electron chi connectivity index (χ0n) is 16.9. The molecular formula is C22H26FN3O3. The third-order valence-corrected chi connectivity index (χ3v) is 5.25. The summed E-state index contributed by atoms with van der Waals surface area (Å²) in [5, 5.41) is 6.52. The van der Waals surface area contributed by atoms with Crippen LogP contribution in [-0.4, -0.2) is 39.7 Å². The fraction of sp³-hybridized carbons (Fsp3) is 0.364. The van der Waals surface area contributed by atoms with E-state index in [1.54, 1.807) is 25.2 Å². The Morgan fingerprint density at radius 1 is 1.17 bits per heavy atom.